The summed E-state index contributed by atoms with van der Waals surface area (Å²) in [4.78, 5) is 0. The summed E-state index contributed by atoms with van der Waals surface area (Å²) in [6, 6.07) is 13.9. The molecule has 6 nitrogen and oxygen atoms in total. The average molecular weight is 366 g/mol. The molecule has 3 aromatic rings. The standard InChI is InChI=1S/C19H18N4O2S/c1-12-8-9-13(17(10-12)25-3)15-11-26-19-21-20-18(23(19)22-15)14-6-4-5-7-16(14)24-2/h4-10H,11H2,1-3H3. The third-order valence-electron chi connectivity index (χ3n) is 4.19. The lowest BCUT2D eigenvalue weighted by Gasteiger charge is -2.16. The molecule has 1 aromatic heterocycles. The maximum atomic E-state index is 5.55. The quantitative estimate of drug-likeness (QED) is 0.706. The fraction of sp³-hybridized carbons (Fsp3) is 0.211. The Balaban J connectivity index is 1.83. The molecule has 0 spiro atoms. The van der Waals surface area contributed by atoms with E-state index in [1.807, 2.05) is 43.3 Å². The fourth-order valence-electron chi connectivity index (χ4n) is 2.89. The molecule has 2 aromatic carbocycles. The second kappa shape index (κ2) is 6.84. The molecular formula is C19H18N4O2S. The summed E-state index contributed by atoms with van der Waals surface area (Å²) in [6.45, 7) is 2.04. The van der Waals surface area contributed by atoms with Crippen LogP contribution in [0.4, 0.5) is 0 Å². The smallest absolute Gasteiger partial charge is 0.212 e. The van der Waals surface area contributed by atoms with Crippen molar-refractivity contribution in [2.45, 2.75) is 12.1 Å². The zero-order valence-corrected chi connectivity index (χ0v) is 15.6. The van der Waals surface area contributed by atoms with Crippen molar-refractivity contribution in [3.05, 3.63) is 53.6 Å². The third-order valence-corrected chi connectivity index (χ3v) is 5.12. The fourth-order valence-corrected chi connectivity index (χ4v) is 3.72. The first-order valence-corrected chi connectivity index (χ1v) is 9.14. The highest BCUT2D eigenvalue weighted by atomic mass is 32.2. The van der Waals surface area contributed by atoms with Gasteiger partial charge < -0.3 is 9.47 Å². The van der Waals surface area contributed by atoms with Gasteiger partial charge in [0.2, 0.25) is 5.16 Å². The maximum absolute atomic E-state index is 5.55. The zero-order chi connectivity index (χ0) is 18.1. The van der Waals surface area contributed by atoms with Gasteiger partial charge in [-0.1, -0.05) is 30.0 Å². The first kappa shape index (κ1) is 16.7. The number of methoxy groups -OCH3 is 2. The number of ether oxygens (including phenoxy) is 2. The van der Waals surface area contributed by atoms with E-state index in [9.17, 15) is 0 Å². The van der Waals surface area contributed by atoms with Crippen LogP contribution in [0.1, 0.15) is 11.1 Å². The molecule has 132 valence electrons. The second-order valence-corrected chi connectivity index (χ2v) is 6.80. The van der Waals surface area contributed by atoms with Gasteiger partial charge in [-0.3, -0.25) is 0 Å². The molecule has 0 aliphatic carbocycles. The van der Waals surface area contributed by atoms with E-state index >= 15 is 0 Å². The minimum atomic E-state index is 0.660. The normalized spacial score (nSPS) is 13.1. The molecule has 0 atom stereocenters. The number of hydrogen-bond donors (Lipinski definition) is 0. The summed E-state index contributed by atoms with van der Waals surface area (Å²) < 4.78 is 12.8. The van der Waals surface area contributed by atoms with Gasteiger partial charge in [0.25, 0.3) is 0 Å². The van der Waals surface area contributed by atoms with Crippen LogP contribution in [0.2, 0.25) is 0 Å². The topological polar surface area (TPSA) is 61.5 Å². The SMILES string of the molecule is COc1cc(C)ccc1C1=Nn2c(nnc2-c2ccccc2OC)SC1. The summed E-state index contributed by atoms with van der Waals surface area (Å²) in [5, 5.41) is 14.2. The minimum absolute atomic E-state index is 0.660. The van der Waals surface area contributed by atoms with Crippen molar-refractivity contribution in [1.82, 2.24) is 14.9 Å². The highest BCUT2D eigenvalue weighted by Crippen LogP contribution is 2.34. The van der Waals surface area contributed by atoms with Gasteiger partial charge in [0.15, 0.2) is 5.82 Å². The lowest BCUT2D eigenvalue weighted by Crippen LogP contribution is -2.15. The molecule has 0 fully saturated rings. The van der Waals surface area contributed by atoms with E-state index in [0.29, 0.717) is 11.6 Å². The zero-order valence-electron chi connectivity index (χ0n) is 14.8. The molecule has 0 bridgehead atoms. The van der Waals surface area contributed by atoms with Crippen LogP contribution in [0.5, 0.6) is 11.5 Å². The van der Waals surface area contributed by atoms with Crippen LogP contribution in [-0.2, 0) is 0 Å². The van der Waals surface area contributed by atoms with Crippen LogP contribution in [0.15, 0.2) is 52.7 Å². The van der Waals surface area contributed by atoms with Gasteiger partial charge in [0.05, 0.1) is 25.5 Å². The lowest BCUT2D eigenvalue weighted by molar-refractivity contribution is 0.413. The molecule has 2 heterocycles. The Hall–Kier alpha value is -2.80. The molecule has 0 radical (unpaired) electrons. The molecule has 26 heavy (non-hydrogen) atoms. The number of aryl methyl sites for hydroxylation is 1. The van der Waals surface area contributed by atoms with E-state index in [2.05, 4.69) is 16.3 Å². The van der Waals surface area contributed by atoms with Crippen molar-refractivity contribution in [2.24, 2.45) is 5.10 Å². The summed E-state index contributed by atoms with van der Waals surface area (Å²) in [6.07, 6.45) is 0. The van der Waals surface area contributed by atoms with Crippen LogP contribution in [0, 0.1) is 6.92 Å². The van der Waals surface area contributed by atoms with Crippen LogP contribution in [0.3, 0.4) is 0 Å². The van der Waals surface area contributed by atoms with E-state index in [1.165, 1.54) is 0 Å². The molecule has 0 amide bonds. The van der Waals surface area contributed by atoms with E-state index in [0.717, 1.165) is 39.1 Å². The summed E-state index contributed by atoms with van der Waals surface area (Å²) in [7, 11) is 3.33. The van der Waals surface area contributed by atoms with Gasteiger partial charge in [0.1, 0.15) is 11.5 Å². The maximum Gasteiger partial charge on any atom is 0.212 e. The molecule has 0 saturated heterocycles. The number of fused-ring (bicyclic) bond motifs is 1. The Morgan fingerprint density at radius 2 is 1.77 bits per heavy atom. The van der Waals surface area contributed by atoms with Crippen LogP contribution < -0.4 is 9.47 Å². The Labute approximate surface area is 155 Å². The van der Waals surface area contributed by atoms with Crippen LogP contribution >= 0.6 is 11.8 Å². The van der Waals surface area contributed by atoms with E-state index in [-0.39, 0.29) is 0 Å². The first-order valence-electron chi connectivity index (χ1n) is 8.15. The average Bonchev–Trinajstić information content (AvgIpc) is 3.10. The molecule has 1 aliphatic heterocycles. The van der Waals surface area contributed by atoms with Crippen LogP contribution in [0.25, 0.3) is 11.4 Å². The predicted octanol–water partition coefficient (Wildman–Crippen LogP) is 3.63. The molecule has 0 N–H and O–H groups in total. The van der Waals surface area contributed by atoms with Crippen molar-refractivity contribution in [3.8, 4) is 22.9 Å². The molecule has 1 aliphatic rings. The van der Waals surface area contributed by atoms with Gasteiger partial charge in [-0.2, -0.15) is 9.78 Å². The Kier molecular flexibility index (Phi) is 4.38. The summed E-state index contributed by atoms with van der Waals surface area (Å²) >= 11 is 1.61. The number of para-hydroxylation sites is 1. The van der Waals surface area contributed by atoms with Gasteiger partial charge in [-0.25, -0.2) is 0 Å². The van der Waals surface area contributed by atoms with Crippen molar-refractivity contribution >= 4 is 17.5 Å². The van der Waals surface area contributed by atoms with E-state index in [1.54, 1.807) is 30.7 Å². The Morgan fingerprint density at radius 3 is 2.58 bits per heavy atom. The first-order chi connectivity index (χ1) is 12.7. The Morgan fingerprint density at radius 1 is 0.962 bits per heavy atom. The highest BCUT2D eigenvalue weighted by molar-refractivity contribution is 7.99. The van der Waals surface area contributed by atoms with Crippen molar-refractivity contribution in [1.29, 1.82) is 0 Å². The number of aromatic nitrogens is 3. The van der Waals surface area contributed by atoms with Gasteiger partial charge >= 0.3 is 0 Å². The molecule has 4 rings (SSSR count). The molecule has 0 unspecified atom stereocenters. The number of benzene rings is 2. The van der Waals surface area contributed by atoms with Crippen molar-refractivity contribution in [3.63, 3.8) is 0 Å². The monoisotopic (exact) mass is 366 g/mol. The van der Waals surface area contributed by atoms with E-state index < -0.39 is 0 Å². The largest absolute Gasteiger partial charge is 0.496 e. The highest BCUT2D eigenvalue weighted by Gasteiger charge is 2.23. The van der Waals surface area contributed by atoms with E-state index in [4.69, 9.17) is 14.6 Å². The predicted molar refractivity (Wildman–Crippen MR) is 102 cm³/mol. The summed E-state index contributed by atoms with van der Waals surface area (Å²) in [5.74, 6) is 2.93. The minimum Gasteiger partial charge on any atom is -0.496 e. The lowest BCUT2D eigenvalue weighted by atomic mass is 10.1. The van der Waals surface area contributed by atoms with Crippen LogP contribution in [-0.4, -0.2) is 40.6 Å². The van der Waals surface area contributed by atoms with Gasteiger partial charge in [-0.15, -0.1) is 10.2 Å². The van der Waals surface area contributed by atoms with Gasteiger partial charge in [0, 0.05) is 11.3 Å². The van der Waals surface area contributed by atoms with Crippen molar-refractivity contribution in [2.75, 3.05) is 20.0 Å². The Bertz CT molecular complexity index is 997. The number of thioether (sulfide) groups is 1. The number of hydrogen-bond acceptors (Lipinski definition) is 6. The van der Waals surface area contributed by atoms with Gasteiger partial charge in [-0.05, 0) is 36.8 Å². The molecule has 0 saturated carbocycles. The number of rotatable bonds is 4. The second-order valence-electron chi connectivity index (χ2n) is 5.86. The molecule has 7 heteroatoms. The molecular weight excluding hydrogens is 348 g/mol. The van der Waals surface area contributed by atoms with Crippen molar-refractivity contribution < 1.29 is 9.47 Å². The summed E-state index contributed by atoms with van der Waals surface area (Å²) in [5.41, 5.74) is 3.91. The third kappa shape index (κ3) is 2.84. The number of nitrogens with zero attached hydrogens (tertiary/aromatic N) is 4.